The van der Waals surface area contributed by atoms with E-state index < -0.39 is 0 Å². The van der Waals surface area contributed by atoms with E-state index in [9.17, 15) is 0 Å². The fourth-order valence-corrected chi connectivity index (χ4v) is 1.42. The molecule has 2 aromatic rings. The van der Waals surface area contributed by atoms with Crippen molar-refractivity contribution in [3.8, 4) is 12.3 Å². The largest absolute Gasteiger partial charge is 0.212 e. The van der Waals surface area contributed by atoms with Gasteiger partial charge in [-0.05, 0) is 22.9 Å². The van der Waals surface area contributed by atoms with Crippen LogP contribution in [0.15, 0.2) is 52.4 Å². The fourth-order valence-electron chi connectivity index (χ4n) is 1.42. The molecule has 0 saturated heterocycles. The first kappa shape index (κ1) is 10.2. The van der Waals surface area contributed by atoms with Crippen LogP contribution in [-0.4, -0.2) is 12.6 Å². The summed E-state index contributed by atoms with van der Waals surface area (Å²) >= 11 is 0. The first-order valence-electron chi connectivity index (χ1n) is 4.94. The van der Waals surface area contributed by atoms with E-state index in [1.807, 2.05) is 36.4 Å². The van der Waals surface area contributed by atoms with Crippen LogP contribution in [0.25, 0.3) is 10.8 Å². The maximum atomic E-state index is 5.06. The maximum absolute atomic E-state index is 5.06. The molecule has 0 N–H and O–H groups in total. The third kappa shape index (κ3) is 2.36. The normalized spacial score (nSPS) is 9.19. The SMILES string of the molecule is C#CCN=C=Nc1ccc2ccccc2c1. The summed E-state index contributed by atoms with van der Waals surface area (Å²) in [7, 11) is 0. The summed E-state index contributed by atoms with van der Waals surface area (Å²) in [5.74, 6) is 2.39. The maximum Gasteiger partial charge on any atom is 0.110 e. The highest BCUT2D eigenvalue weighted by atomic mass is 14.8. The number of hydrogen-bond donors (Lipinski definition) is 0. The zero-order chi connectivity index (χ0) is 11.2. The molecule has 2 nitrogen and oxygen atoms in total. The van der Waals surface area contributed by atoms with E-state index in [-0.39, 0.29) is 0 Å². The summed E-state index contributed by atoms with van der Waals surface area (Å²) in [5.41, 5.74) is 0.833. The molecule has 0 bridgehead atoms. The van der Waals surface area contributed by atoms with Crippen molar-refractivity contribution in [3.63, 3.8) is 0 Å². The number of aliphatic imine (C=N–C) groups is 2. The minimum absolute atomic E-state index is 0.317. The van der Waals surface area contributed by atoms with Crippen LogP contribution >= 0.6 is 0 Å². The molecule has 2 heteroatoms. The van der Waals surface area contributed by atoms with Gasteiger partial charge in [0, 0.05) is 0 Å². The van der Waals surface area contributed by atoms with Crippen LogP contribution in [0.3, 0.4) is 0 Å². The lowest BCUT2D eigenvalue weighted by Crippen LogP contribution is -1.71. The van der Waals surface area contributed by atoms with Crippen LogP contribution < -0.4 is 0 Å². The molecule has 0 aliphatic heterocycles. The monoisotopic (exact) mass is 206 g/mol. The molecule has 2 aromatic carbocycles. The van der Waals surface area contributed by atoms with E-state index in [0.717, 1.165) is 11.1 Å². The zero-order valence-corrected chi connectivity index (χ0v) is 8.72. The van der Waals surface area contributed by atoms with Gasteiger partial charge in [0.05, 0.1) is 11.7 Å². The van der Waals surface area contributed by atoms with Gasteiger partial charge in [0.2, 0.25) is 0 Å². The summed E-state index contributed by atoms with van der Waals surface area (Å²) in [5, 5.41) is 2.35. The first-order chi connectivity index (χ1) is 7.90. The third-order valence-corrected chi connectivity index (χ3v) is 2.15. The molecule has 16 heavy (non-hydrogen) atoms. The van der Waals surface area contributed by atoms with E-state index in [0.29, 0.717) is 6.54 Å². The average molecular weight is 206 g/mol. The van der Waals surface area contributed by atoms with Crippen molar-refractivity contribution < 1.29 is 0 Å². The van der Waals surface area contributed by atoms with Gasteiger partial charge in [-0.2, -0.15) is 4.99 Å². The third-order valence-electron chi connectivity index (χ3n) is 2.15. The second-order valence-corrected chi connectivity index (χ2v) is 3.26. The Labute approximate surface area is 94.4 Å². The van der Waals surface area contributed by atoms with Gasteiger partial charge in [-0.25, -0.2) is 4.99 Å². The van der Waals surface area contributed by atoms with Crippen molar-refractivity contribution >= 4 is 22.5 Å². The molecule has 2 rings (SSSR count). The zero-order valence-electron chi connectivity index (χ0n) is 8.72. The van der Waals surface area contributed by atoms with Gasteiger partial charge in [-0.3, -0.25) is 0 Å². The van der Waals surface area contributed by atoms with Gasteiger partial charge in [-0.15, -0.1) is 6.42 Å². The predicted molar refractivity (Wildman–Crippen MR) is 67.2 cm³/mol. The highest BCUT2D eigenvalue weighted by Gasteiger charge is 1.92. The molecule has 0 saturated carbocycles. The van der Waals surface area contributed by atoms with Gasteiger partial charge < -0.3 is 0 Å². The Morgan fingerprint density at radius 3 is 2.69 bits per heavy atom. The number of fused-ring (bicyclic) bond motifs is 1. The molecule has 0 atom stereocenters. The molecule has 0 heterocycles. The number of benzene rings is 2. The molecule has 0 radical (unpaired) electrons. The molecule has 0 unspecified atom stereocenters. The molecule has 0 aliphatic carbocycles. The molecule has 76 valence electrons. The number of hydrogen-bond acceptors (Lipinski definition) is 2. The average Bonchev–Trinajstić information content (AvgIpc) is 2.34. The van der Waals surface area contributed by atoms with Crippen LogP contribution in [0, 0.1) is 12.3 Å². The first-order valence-corrected chi connectivity index (χ1v) is 4.94. The Morgan fingerprint density at radius 2 is 1.88 bits per heavy atom. The topological polar surface area (TPSA) is 24.7 Å². The summed E-state index contributed by atoms with van der Waals surface area (Å²) < 4.78 is 0. The smallest absolute Gasteiger partial charge is 0.110 e. The summed E-state index contributed by atoms with van der Waals surface area (Å²) in [6.07, 6.45) is 5.06. The van der Waals surface area contributed by atoms with Gasteiger partial charge in [0.1, 0.15) is 6.54 Å². The van der Waals surface area contributed by atoms with Crippen molar-refractivity contribution in [2.75, 3.05) is 6.54 Å². The minimum Gasteiger partial charge on any atom is -0.212 e. The second kappa shape index (κ2) is 4.93. The molecule has 0 aliphatic rings. The van der Waals surface area contributed by atoms with Crippen LogP contribution in [0.5, 0.6) is 0 Å². The highest BCUT2D eigenvalue weighted by Crippen LogP contribution is 2.20. The minimum atomic E-state index is 0.317. The standard InChI is InChI=1S/C14H10N2/c1-2-9-15-11-16-14-8-7-12-5-3-4-6-13(12)10-14/h1,3-8,10H,9H2. The quantitative estimate of drug-likeness (QED) is 0.532. The van der Waals surface area contributed by atoms with Crippen LogP contribution in [0.2, 0.25) is 0 Å². The van der Waals surface area contributed by atoms with E-state index in [1.54, 1.807) is 0 Å². The number of nitrogens with zero attached hydrogens (tertiary/aromatic N) is 2. The van der Waals surface area contributed by atoms with Crippen molar-refractivity contribution in [2.45, 2.75) is 0 Å². The van der Waals surface area contributed by atoms with Crippen LogP contribution in [0.1, 0.15) is 0 Å². The molecule has 0 spiro atoms. The van der Waals surface area contributed by atoms with Gasteiger partial charge in [0.15, 0.2) is 0 Å². The highest BCUT2D eigenvalue weighted by molar-refractivity contribution is 5.85. The number of rotatable bonds is 2. The van der Waals surface area contributed by atoms with Crippen molar-refractivity contribution in [1.29, 1.82) is 0 Å². The second-order valence-electron chi connectivity index (χ2n) is 3.26. The molecule has 0 amide bonds. The van der Waals surface area contributed by atoms with Gasteiger partial charge in [0.25, 0.3) is 0 Å². The molecular weight excluding hydrogens is 196 g/mol. The lowest BCUT2D eigenvalue weighted by atomic mass is 10.1. The molecule has 0 fully saturated rings. The molecule has 0 aromatic heterocycles. The van der Waals surface area contributed by atoms with E-state index in [4.69, 9.17) is 6.42 Å². The lowest BCUT2D eigenvalue weighted by molar-refractivity contribution is 1.30. The van der Waals surface area contributed by atoms with Crippen molar-refractivity contribution in [2.24, 2.45) is 9.98 Å². The number of terminal acetylenes is 1. The van der Waals surface area contributed by atoms with Crippen molar-refractivity contribution in [3.05, 3.63) is 42.5 Å². The summed E-state index contributed by atoms with van der Waals surface area (Å²) in [6.45, 7) is 0.317. The van der Waals surface area contributed by atoms with Crippen LogP contribution in [0.4, 0.5) is 5.69 Å². The van der Waals surface area contributed by atoms with Gasteiger partial charge >= 0.3 is 0 Å². The Bertz CT molecular complexity index is 599. The molecular formula is C14H10N2. The Morgan fingerprint density at radius 1 is 1.06 bits per heavy atom. The lowest BCUT2D eigenvalue weighted by Gasteiger charge is -1.96. The Hall–Kier alpha value is -2.36. The summed E-state index contributed by atoms with van der Waals surface area (Å²) in [4.78, 5) is 7.89. The van der Waals surface area contributed by atoms with Gasteiger partial charge in [-0.1, -0.05) is 36.3 Å². The van der Waals surface area contributed by atoms with E-state index in [1.165, 1.54) is 5.39 Å². The van der Waals surface area contributed by atoms with E-state index >= 15 is 0 Å². The summed E-state index contributed by atoms with van der Waals surface area (Å²) in [6, 6.07) is 16.7. The fraction of sp³-hybridized carbons (Fsp3) is 0.0714. The van der Waals surface area contributed by atoms with E-state index in [2.05, 4.69) is 28.0 Å². The van der Waals surface area contributed by atoms with Crippen LogP contribution in [-0.2, 0) is 0 Å². The van der Waals surface area contributed by atoms with Crippen molar-refractivity contribution in [1.82, 2.24) is 0 Å². The Kier molecular flexibility index (Phi) is 3.13. The Balaban J connectivity index is 2.33. The predicted octanol–water partition coefficient (Wildman–Crippen LogP) is 3.28.